The number of para-hydroxylation sites is 1. The van der Waals surface area contributed by atoms with Gasteiger partial charge in [-0.3, -0.25) is 0 Å². The highest BCUT2D eigenvalue weighted by atomic mass is 19.4. The fourth-order valence-corrected chi connectivity index (χ4v) is 2.75. The van der Waals surface area contributed by atoms with Crippen LogP contribution in [0.2, 0.25) is 0 Å². The van der Waals surface area contributed by atoms with E-state index in [4.69, 9.17) is 0 Å². The van der Waals surface area contributed by atoms with Gasteiger partial charge in [-0.15, -0.1) is 0 Å². The van der Waals surface area contributed by atoms with Gasteiger partial charge in [-0.05, 0) is 31.9 Å². The van der Waals surface area contributed by atoms with Crippen molar-refractivity contribution in [2.75, 3.05) is 18.0 Å². The number of nitrogens with zero attached hydrogens (tertiary/aromatic N) is 1. The van der Waals surface area contributed by atoms with Gasteiger partial charge in [0.2, 0.25) is 0 Å². The normalized spacial score (nSPS) is 19.1. The highest BCUT2D eigenvalue weighted by Crippen LogP contribution is 2.23. The van der Waals surface area contributed by atoms with Crippen molar-refractivity contribution < 1.29 is 13.2 Å². The summed E-state index contributed by atoms with van der Waals surface area (Å²) in [5, 5.41) is 3.10. The van der Waals surface area contributed by atoms with Crippen LogP contribution < -0.4 is 10.2 Å². The van der Waals surface area contributed by atoms with Crippen LogP contribution in [-0.4, -0.2) is 31.3 Å². The Bertz CT molecular complexity index is 397. The van der Waals surface area contributed by atoms with E-state index in [2.05, 4.69) is 22.3 Å². The molecule has 2 rings (SSSR count). The van der Waals surface area contributed by atoms with Crippen molar-refractivity contribution >= 4 is 5.69 Å². The van der Waals surface area contributed by atoms with Gasteiger partial charge in [0, 0.05) is 30.9 Å². The van der Waals surface area contributed by atoms with Crippen LogP contribution in [0.4, 0.5) is 18.9 Å². The molecule has 1 heterocycles. The molecule has 20 heavy (non-hydrogen) atoms. The summed E-state index contributed by atoms with van der Waals surface area (Å²) in [7, 11) is 0. The van der Waals surface area contributed by atoms with E-state index in [1.54, 1.807) is 6.92 Å². The van der Waals surface area contributed by atoms with E-state index in [0.29, 0.717) is 0 Å². The summed E-state index contributed by atoms with van der Waals surface area (Å²) in [4.78, 5) is 2.28. The third-order valence-corrected chi connectivity index (χ3v) is 3.67. The molecule has 1 aliphatic heterocycles. The number of rotatable bonds is 4. The molecule has 0 aromatic heterocycles. The van der Waals surface area contributed by atoms with E-state index in [0.717, 1.165) is 25.9 Å². The Balaban J connectivity index is 1.77. The maximum Gasteiger partial charge on any atom is 0.390 e. The summed E-state index contributed by atoms with van der Waals surface area (Å²) in [6.07, 6.45) is -3.07. The summed E-state index contributed by atoms with van der Waals surface area (Å²) >= 11 is 0. The quantitative estimate of drug-likeness (QED) is 0.910. The summed E-state index contributed by atoms with van der Waals surface area (Å²) < 4.78 is 36.9. The molecule has 0 spiro atoms. The van der Waals surface area contributed by atoms with E-state index in [-0.39, 0.29) is 6.04 Å². The molecule has 0 aliphatic carbocycles. The summed E-state index contributed by atoms with van der Waals surface area (Å²) in [6.45, 7) is 3.39. The van der Waals surface area contributed by atoms with Gasteiger partial charge in [0.15, 0.2) is 0 Å². The minimum atomic E-state index is -4.09. The number of nitrogens with one attached hydrogen (secondary N) is 1. The van der Waals surface area contributed by atoms with E-state index >= 15 is 0 Å². The van der Waals surface area contributed by atoms with Crippen LogP contribution in [0.25, 0.3) is 0 Å². The maximum absolute atomic E-state index is 12.3. The van der Waals surface area contributed by atoms with Crippen LogP contribution in [-0.2, 0) is 0 Å². The van der Waals surface area contributed by atoms with Crippen molar-refractivity contribution in [2.24, 2.45) is 0 Å². The second kappa shape index (κ2) is 6.48. The molecule has 2 nitrogen and oxygen atoms in total. The van der Waals surface area contributed by atoms with Gasteiger partial charge >= 0.3 is 6.18 Å². The molecule has 1 unspecified atom stereocenters. The average molecular weight is 286 g/mol. The van der Waals surface area contributed by atoms with Gasteiger partial charge in [-0.1, -0.05) is 18.2 Å². The van der Waals surface area contributed by atoms with E-state index in [9.17, 15) is 13.2 Å². The standard InChI is InChI=1S/C15H21F3N2/c1-12(11-15(16,17)18)19-13-7-9-20(10-8-13)14-5-3-2-4-6-14/h2-6,12-13,19H,7-11H2,1H3. The number of anilines is 1. The SMILES string of the molecule is CC(CC(F)(F)F)NC1CCN(c2ccccc2)CC1. The van der Waals surface area contributed by atoms with Crippen molar-refractivity contribution in [3.8, 4) is 0 Å². The summed E-state index contributed by atoms with van der Waals surface area (Å²) in [5.41, 5.74) is 1.19. The lowest BCUT2D eigenvalue weighted by molar-refractivity contribution is -0.139. The lowest BCUT2D eigenvalue weighted by Gasteiger charge is -2.35. The number of hydrogen-bond donors (Lipinski definition) is 1. The first-order chi connectivity index (χ1) is 9.44. The third-order valence-electron chi connectivity index (χ3n) is 3.67. The van der Waals surface area contributed by atoms with Crippen LogP contribution in [0.5, 0.6) is 0 Å². The van der Waals surface area contributed by atoms with Gasteiger partial charge in [0.05, 0.1) is 6.42 Å². The molecule has 1 aromatic carbocycles. The molecular weight excluding hydrogens is 265 g/mol. The molecule has 0 amide bonds. The van der Waals surface area contributed by atoms with E-state index in [1.807, 2.05) is 18.2 Å². The fourth-order valence-electron chi connectivity index (χ4n) is 2.75. The molecule has 1 atom stereocenters. The predicted molar refractivity (Wildman–Crippen MR) is 74.9 cm³/mol. The number of piperidine rings is 1. The monoisotopic (exact) mass is 286 g/mol. The third kappa shape index (κ3) is 4.71. The molecule has 1 aliphatic rings. The average Bonchev–Trinajstić information content (AvgIpc) is 2.38. The zero-order valence-corrected chi connectivity index (χ0v) is 11.7. The van der Waals surface area contributed by atoms with Gasteiger partial charge in [0.1, 0.15) is 0 Å². The molecule has 0 radical (unpaired) electrons. The highest BCUT2D eigenvalue weighted by Gasteiger charge is 2.31. The number of hydrogen-bond acceptors (Lipinski definition) is 2. The molecule has 1 aromatic rings. The second-order valence-electron chi connectivity index (χ2n) is 5.48. The number of halogens is 3. The van der Waals surface area contributed by atoms with Gasteiger partial charge < -0.3 is 10.2 Å². The Labute approximate surface area is 118 Å². The fraction of sp³-hybridized carbons (Fsp3) is 0.600. The van der Waals surface area contributed by atoms with Crippen LogP contribution in [0.1, 0.15) is 26.2 Å². The van der Waals surface area contributed by atoms with Gasteiger partial charge in [0.25, 0.3) is 0 Å². The Morgan fingerprint density at radius 1 is 1.20 bits per heavy atom. The summed E-state index contributed by atoms with van der Waals surface area (Å²) in [6, 6.07) is 9.81. The number of alkyl halides is 3. The van der Waals surface area contributed by atoms with Crippen LogP contribution >= 0.6 is 0 Å². The second-order valence-corrected chi connectivity index (χ2v) is 5.48. The first-order valence-corrected chi connectivity index (χ1v) is 7.07. The minimum Gasteiger partial charge on any atom is -0.371 e. The topological polar surface area (TPSA) is 15.3 Å². The van der Waals surface area contributed by atoms with Crippen molar-refractivity contribution in [1.82, 2.24) is 5.32 Å². The molecule has 0 saturated carbocycles. The number of benzene rings is 1. The molecular formula is C15H21F3N2. The molecule has 1 N–H and O–H groups in total. The van der Waals surface area contributed by atoms with E-state index in [1.165, 1.54) is 5.69 Å². The Morgan fingerprint density at radius 3 is 2.35 bits per heavy atom. The Kier molecular flexibility index (Phi) is 4.91. The molecule has 1 fully saturated rings. The first kappa shape index (κ1) is 15.2. The van der Waals surface area contributed by atoms with E-state index < -0.39 is 18.6 Å². The molecule has 5 heteroatoms. The first-order valence-electron chi connectivity index (χ1n) is 7.07. The van der Waals surface area contributed by atoms with Crippen molar-refractivity contribution in [3.05, 3.63) is 30.3 Å². The lowest BCUT2D eigenvalue weighted by atomic mass is 10.0. The van der Waals surface area contributed by atoms with Crippen molar-refractivity contribution in [1.29, 1.82) is 0 Å². The smallest absolute Gasteiger partial charge is 0.371 e. The lowest BCUT2D eigenvalue weighted by Crippen LogP contribution is -2.46. The predicted octanol–water partition coefficient (Wildman–Crippen LogP) is 3.59. The van der Waals surface area contributed by atoms with Crippen molar-refractivity contribution in [2.45, 2.75) is 44.4 Å². The Hall–Kier alpha value is -1.23. The van der Waals surface area contributed by atoms with Crippen LogP contribution in [0.15, 0.2) is 30.3 Å². The minimum absolute atomic E-state index is 0.187. The Morgan fingerprint density at radius 2 is 1.80 bits per heavy atom. The van der Waals surface area contributed by atoms with Crippen LogP contribution in [0, 0.1) is 0 Å². The largest absolute Gasteiger partial charge is 0.390 e. The molecule has 112 valence electrons. The van der Waals surface area contributed by atoms with Crippen LogP contribution in [0.3, 0.4) is 0 Å². The van der Waals surface area contributed by atoms with Gasteiger partial charge in [-0.25, -0.2) is 0 Å². The van der Waals surface area contributed by atoms with Crippen molar-refractivity contribution in [3.63, 3.8) is 0 Å². The molecule has 1 saturated heterocycles. The zero-order chi connectivity index (χ0) is 14.6. The van der Waals surface area contributed by atoms with Gasteiger partial charge in [-0.2, -0.15) is 13.2 Å². The highest BCUT2D eigenvalue weighted by molar-refractivity contribution is 5.46. The maximum atomic E-state index is 12.3. The zero-order valence-electron chi connectivity index (χ0n) is 11.7. The molecule has 0 bridgehead atoms. The summed E-state index contributed by atoms with van der Waals surface area (Å²) in [5.74, 6) is 0.